The second kappa shape index (κ2) is 31.4. The summed E-state index contributed by atoms with van der Waals surface area (Å²) < 4.78 is 34.0. The van der Waals surface area contributed by atoms with Gasteiger partial charge in [0.15, 0.2) is 0 Å². The van der Waals surface area contributed by atoms with E-state index in [0.717, 1.165) is 82.8 Å². The summed E-state index contributed by atoms with van der Waals surface area (Å²) in [4.78, 5) is 55.7. The average molecular weight is 1180 g/mol. The Bertz CT molecular complexity index is 2830. The van der Waals surface area contributed by atoms with Crippen LogP contribution in [0.5, 0.6) is 34.5 Å². The summed E-state index contributed by atoms with van der Waals surface area (Å²) in [5.74, 6) is 3.60. The van der Waals surface area contributed by atoms with E-state index in [9.17, 15) is 19.2 Å². The number of benzene rings is 4. The van der Waals surface area contributed by atoms with Crippen LogP contribution in [0.15, 0.2) is 122 Å². The molecule has 4 heterocycles. The third-order valence-electron chi connectivity index (χ3n) is 17.6. The molecular formula is C70H90N6O10. The van der Waals surface area contributed by atoms with Crippen molar-refractivity contribution in [1.82, 2.24) is 19.6 Å². The highest BCUT2D eigenvalue weighted by atomic mass is 16.5. The molecule has 0 bridgehead atoms. The number of fused-ring (bicyclic) bond motifs is 4. The molecular weight excluding hydrogens is 1080 g/mol. The molecule has 0 aromatic heterocycles. The van der Waals surface area contributed by atoms with Crippen LogP contribution >= 0.6 is 0 Å². The molecule has 0 atom stereocenters. The maximum absolute atomic E-state index is 11.7. The molecule has 2 amide bonds. The molecule has 4 aromatic carbocycles. The highest BCUT2D eigenvalue weighted by Gasteiger charge is 2.30. The van der Waals surface area contributed by atoms with Gasteiger partial charge < -0.3 is 39.1 Å². The number of nitrogens with one attached hydrogen (secondary N) is 2. The topological polar surface area (TPSA) is 161 Å². The van der Waals surface area contributed by atoms with Gasteiger partial charge in [-0.25, -0.2) is 9.59 Å². The van der Waals surface area contributed by atoms with Gasteiger partial charge in [0.05, 0.1) is 0 Å². The fraction of sp³-hybridized carbons (Fsp3) is 0.486. The van der Waals surface area contributed by atoms with E-state index in [1.54, 1.807) is 26.0 Å². The Balaban J connectivity index is 0.000000137. The lowest BCUT2D eigenvalue weighted by Crippen LogP contribution is -2.41. The number of hydrogen-bond donors (Lipinski definition) is 2. The fourth-order valence-corrected chi connectivity index (χ4v) is 12.8. The molecule has 16 nitrogen and oxygen atoms in total. The molecule has 86 heavy (non-hydrogen) atoms. The average Bonchev–Trinajstić information content (AvgIpc) is 2.69. The normalized spacial score (nSPS) is 19.3. The smallest absolute Gasteiger partial charge is 0.338 e. The van der Waals surface area contributed by atoms with Crippen LogP contribution in [0.3, 0.4) is 0 Å². The SMILES string of the molecule is C=C(C)C(=O)Nc1ccc2c(c1)CN(C1CCCCC1)CO2.C=C(C)C(=O)Oc1ccc2c(c1)CN(C1CCCCC1)CO2.C=CC(=O)Nc1ccc2c(c1)CN(C1CCCCC1)CO2.C=CC(=O)Oc1ccc2c(c1)CN(C1CCCCC1)CO2. The summed E-state index contributed by atoms with van der Waals surface area (Å²) in [6, 6.07) is 25.3. The molecule has 0 radical (unpaired) electrons. The van der Waals surface area contributed by atoms with E-state index in [1.165, 1.54) is 141 Å². The number of ether oxygens (including phenoxy) is 6. The second-order valence-electron chi connectivity index (χ2n) is 24.2. The maximum Gasteiger partial charge on any atom is 0.338 e. The summed E-state index contributed by atoms with van der Waals surface area (Å²) in [7, 11) is 0. The van der Waals surface area contributed by atoms with Gasteiger partial charge in [0.2, 0.25) is 5.91 Å². The minimum atomic E-state index is -0.434. The predicted octanol–water partition coefficient (Wildman–Crippen LogP) is 13.9. The highest BCUT2D eigenvalue weighted by molar-refractivity contribution is 6.03. The Morgan fingerprint density at radius 2 is 0.779 bits per heavy atom. The minimum Gasteiger partial charge on any atom is -0.478 e. The first-order valence-electron chi connectivity index (χ1n) is 31.4. The van der Waals surface area contributed by atoms with E-state index in [-0.39, 0.29) is 17.8 Å². The standard InChI is InChI=1S/C18H24N2O2.C18H23NO3.C17H22N2O2.C17H21NO3/c1-13(2)18(21)19-15-8-9-17-14(10-15)11-20(12-22-17)16-6-4-3-5-7-16;1-13(2)18(20)22-16-8-9-17-14(10-16)11-19(12-21-17)15-6-4-3-5-7-15;1-2-17(20)18-14-8-9-16-13(10-14)11-19(12-21-16)15-6-4-3-5-7-15;1-2-17(19)21-15-8-9-16-13(10-15)11-18(12-20-16)14-6-4-3-5-7-14/h8-10,16H,1,3-7,11-12H2,2H3,(H,19,21);8-10,15H,1,3-7,11-12H2,2H3;2,8-10,15H,1,3-7,11-12H2,(H,18,20);2,8-10,14H,1,3-7,11-12H2. The van der Waals surface area contributed by atoms with E-state index < -0.39 is 5.97 Å². The Hall–Kier alpha value is -7.24. The van der Waals surface area contributed by atoms with Crippen LogP contribution in [0, 0.1) is 0 Å². The molecule has 4 aliphatic carbocycles. The summed E-state index contributed by atoms with van der Waals surface area (Å²) in [6.45, 7) is 23.7. The number of nitrogens with zero attached hydrogens (tertiary/aromatic N) is 4. The lowest BCUT2D eigenvalue weighted by molar-refractivity contribution is -0.130. The molecule has 4 fully saturated rings. The molecule has 4 saturated carbocycles. The van der Waals surface area contributed by atoms with Crippen molar-refractivity contribution in [3.63, 3.8) is 0 Å². The van der Waals surface area contributed by atoms with Gasteiger partial charge in [0, 0.05) is 101 Å². The van der Waals surface area contributed by atoms with Gasteiger partial charge in [0.25, 0.3) is 5.91 Å². The van der Waals surface area contributed by atoms with Crippen LogP contribution in [-0.2, 0) is 45.4 Å². The van der Waals surface area contributed by atoms with E-state index in [2.05, 4.69) is 56.5 Å². The number of carbonyl (C=O) groups excluding carboxylic acids is 4. The first kappa shape index (κ1) is 63.3. The molecule has 8 aliphatic rings. The molecule has 16 heteroatoms. The lowest BCUT2D eigenvalue weighted by atomic mass is 9.94. The zero-order valence-corrected chi connectivity index (χ0v) is 50.9. The van der Waals surface area contributed by atoms with Crippen LogP contribution in [0.4, 0.5) is 11.4 Å². The number of hydrogen-bond acceptors (Lipinski definition) is 14. The molecule has 4 aromatic rings. The third-order valence-corrected chi connectivity index (χ3v) is 17.6. The number of carbonyl (C=O) groups is 4. The second-order valence-corrected chi connectivity index (χ2v) is 24.2. The molecule has 0 saturated heterocycles. The minimum absolute atomic E-state index is 0.138. The first-order chi connectivity index (χ1) is 41.8. The van der Waals surface area contributed by atoms with E-state index >= 15 is 0 Å². The van der Waals surface area contributed by atoms with E-state index in [0.29, 0.717) is 73.7 Å². The number of esters is 2. The van der Waals surface area contributed by atoms with Gasteiger partial charge >= 0.3 is 11.9 Å². The number of amides is 2. The molecule has 4 aliphatic heterocycles. The van der Waals surface area contributed by atoms with Crippen molar-refractivity contribution in [2.75, 3.05) is 37.6 Å². The van der Waals surface area contributed by atoms with Gasteiger partial charge in [0.1, 0.15) is 61.4 Å². The van der Waals surface area contributed by atoms with Gasteiger partial charge in [-0.2, -0.15) is 0 Å². The Labute approximate surface area is 509 Å². The molecule has 0 spiro atoms. The van der Waals surface area contributed by atoms with Gasteiger partial charge in [-0.3, -0.25) is 29.2 Å². The highest BCUT2D eigenvalue weighted by Crippen LogP contribution is 2.37. The van der Waals surface area contributed by atoms with E-state index in [1.807, 2.05) is 60.7 Å². The Morgan fingerprint density at radius 1 is 0.442 bits per heavy atom. The van der Waals surface area contributed by atoms with Gasteiger partial charge in [-0.15, -0.1) is 0 Å². The van der Waals surface area contributed by atoms with Gasteiger partial charge in [-0.1, -0.05) is 103 Å². The largest absolute Gasteiger partial charge is 0.478 e. The Morgan fingerprint density at radius 3 is 1.12 bits per heavy atom. The zero-order chi connectivity index (χ0) is 60.4. The third kappa shape index (κ3) is 17.9. The van der Waals surface area contributed by atoms with Crippen LogP contribution in [0.1, 0.15) is 165 Å². The van der Waals surface area contributed by atoms with Crippen molar-refractivity contribution < 1.29 is 47.6 Å². The van der Waals surface area contributed by atoms with Crippen molar-refractivity contribution in [3.05, 3.63) is 145 Å². The monoisotopic (exact) mass is 1170 g/mol. The Kier molecular flexibility index (Phi) is 23.1. The van der Waals surface area contributed by atoms with Crippen LogP contribution < -0.4 is 39.1 Å². The number of anilines is 2. The molecule has 0 unspecified atom stereocenters. The quantitative estimate of drug-likeness (QED) is 0.0783. The summed E-state index contributed by atoms with van der Waals surface area (Å²) >= 11 is 0. The van der Waals surface area contributed by atoms with Crippen LogP contribution in [0.2, 0.25) is 0 Å². The van der Waals surface area contributed by atoms with Gasteiger partial charge in [-0.05, 0) is 144 Å². The fourth-order valence-electron chi connectivity index (χ4n) is 12.8. The number of rotatable bonds is 12. The zero-order valence-electron chi connectivity index (χ0n) is 50.9. The molecule has 2 N–H and O–H groups in total. The summed E-state index contributed by atoms with van der Waals surface area (Å²) in [6.07, 6.45) is 28.5. The summed E-state index contributed by atoms with van der Waals surface area (Å²) in [5.41, 5.74) is 6.99. The lowest BCUT2D eigenvalue weighted by Gasteiger charge is -2.37. The maximum atomic E-state index is 11.7. The van der Waals surface area contributed by atoms with Crippen molar-refractivity contribution in [1.29, 1.82) is 0 Å². The molecule has 460 valence electrons. The first-order valence-corrected chi connectivity index (χ1v) is 31.4. The predicted molar refractivity (Wildman–Crippen MR) is 336 cm³/mol. The summed E-state index contributed by atoms with van der Waals surface area (Å²) in [5, 5.41) is 5.68. The molecule has 12 rings (SSSR count). The van der Waals surface area contributed by atoms with Crippen molar-refractivity contribution in [3.8, 4) is 34.5 Å². The van der Waals surface area contributed by atoms with E-state index in [4.69, 9.17) is 28.4 Å². The van der Waals surface area contributed by atoms with Crippen molar-refractivity contribution in [2.45, 2.75) is 193 Å². The van der Waals surface area contributed by atoms with Crippen LogP contribution in [-0.4, -0.2) is 94.4 Å². The van der Waals surface area contributed by atoms with Crippen LogP contribution in [0.25, 0.3) is 0 Å². The van der Waals surface area contributed by atoms with Crippen molar-refractivity contribution in [2.24, 2.45) is 0 Å². The van der Waals surface area contributed by atoms with Crippen molar-refractivity contribution >= 4 is 35.1 Å².